The van der Waals surface area contributed by atoms with Gasteiger partial charge in [-0.25, -0.2) is 0 Å². The lowest BCUT2D eigenvalue weighted by molar-refractivity contribution is 0.206. The molecule has 0 aliphatic heterocycles. The van der Waals surface area contributed by atoms with Crippen LogP contribution in [0.1, 0.15) is 64.5 Å². The summed E-state index contributed by atoms with van der Waals surface area (Å²) in [5.41, 5.74) is 6.86. The highest BCUT2D eigenvalue weighted by molar-refractivity contribution is 6.32. The predicted octanol–water partition coefficient (Wildman–Crippen LogP) is 5.10. The van der Waals surface area contributed by atoms with E-state index < -0.39 is 0 Å². The van der Waals surface area contributed by atoms with Gasteiger partial charge < -0.3 is 10.5 Å². The van der Waals surface area contributed by atoms with Gasteiger partial charge in [0.15, 0.2) is 0 Å². The van der Waals surface area contributed by atoms with Gasteiger partial charge in [0.05, 0.1) is 11.1 Å². The topological polar surface area (TPSA) is 35.2 Å². The lowest BCUT2D eigenvalue weighted by Crippen LogP contribution is -2.12. The van der Waals surface area contributed by atoms with Gasteiger partial charge in [0, 0.05) is 6.04 Å². The van der Waals surface area contributed by atoms with Crippen molar-refractivity contribution in [1.82, 2.24) is 0 Å². The molecule has 0 fully saturated rings. The third kappa shape index (κ3) is 5.84. The summed E-state index contributed by atoms with van der Waals surface area (Å²) in [5.74, 6) is 0.758. The minimum Gasteiger partial charge on any atom is -0.489 e. The molecule has 0 radical (unpaired) electrons. The smallest absolute Gasteiger partial charge is 0.138 e. The molecule has 1 unspecified atom stereocenters. The van der Waals surface area contributed by atoms with Crippen LogP contribution in [0.25, 0.3) is 0 Å². The lowest BCUT2D eigenvalue weighted by atomic mass is 10.1. The zero-order valence-electron chi connectivity index (χ0n) is 12.3. The molecule has 0 bridgehead atoms. The van der Waals surface area contributed by atoms with E-state index in [1.165, 1.54) is 25.7 Å². The van der Waals surface area contributed by atoms with Crippen LogP contribution in [0.4, 0.5) is 0 Å². The number of nitrogens with two attached hydrogens (primary N) is 1. The first-order valence-corrected chi connectivity index (χ1v) is 7.64. The van der Waals surface area contributed by atoms with Crippen LogP contribution < -0.4 is 10.5 Å². The second-order valence-electron chi connectivity index (χ2n) is 5.26. The summed E-state index contributed by atoms with van der Waals surface area (Å²) in [6.45, 7) is 6.27. The Balaban J connectivity index is 2.48. The van der Waals surface area contributed by atoms with Crippen LogP contribution in [-0.2, 0) is 0 Å². The molecule has 2 nitrogen and oxygen atoms in total. The summed E-state index contributed by atoms with van der Waals surface area (Å²) in [6.07, 6.45) is 6.34. The van der Waals surface area contributed by atoms with Crippen LogP contribution >= 0.6 is 11.6 Å². The molecule has 0 aliphatic rings. The second-order valence-corrected chi connectivity index (χ2v) is 5.66. The van der Waals surface area contributed by atoms with E-state index in [2.05, 4.69) is 13.8 Å². The van der Waals surface area contributed by atoms with Crippen molar-refractivity contribution in [3.05, 3.63) is 28.8 Å². The molecule has 0 aromatic heterocycles. The molecule has 1 aromatic rings. The van der Waals surface area contributed by atoms with Crippen molar-refractivity contribution in [1.29, 1.82) is 0 Å². The first-order chi connectivity index (χ1) is 9.04. The zero-order chi connectivity index (χ0) is 14.3. The van der Waals surface area contributed by atoms with Gasteiger partial charge in [0.2, 0.25) is 0 Å². The van der Waals surface area contributed by atoms with Crippen molar-refractivity contribution in [2.75, 3.05) is 0 Å². The Kier molecular flexibility index (Phi) is 7.25. The van der Waals surface area contributed by atoms with Crippen molar-refractivity contribution in [2.45, 2.75) is 65.0 Å². The molecule has 3 heteroatoms. The molecule has 1 rings (SSSR count). The summed E-state index contributed by atoms with van der Waals surface area (Å²) in [4.78, 5) is 0. The first kappa shape index (κ1) is 16.3. The average Bonchev–Trinajstić information content (AvgIpc) is 2.37. The third-order valence-electron chi connectivity index (χ3n) is 3.27. The van der Waals surface area contributed by atoms with Crippen molar-refractivity contribution in [2.24, 2.45) is 5.73 Å². The Bertz CT molecular complexity index is 379. The van der Waals surface area contributed by atoms with E-state index in [0.717, 1.165) is 17.7 Å². The molecule has 0 aliphatic carbocycles. The maximum absolute atomic E-state index is 6.22. The fourth-order valence-corrected chi connectivity index (χ4v) is 2.26. The van der Waals surface area contributed by atoms with E-state index >= 15 is 0 Å². The maximum atomic E-state index is 6.22. The van der Waals surface area contributed by atoms with Crippen molar-refractivity contribution in [3.63, 3.8) is 0 Å². The molecule has 1 aromatic carbocycles. The summed E-state index contributed by atoms with van der Waals surface area (Å²) in [5, 5.41) is 0.648. The van der Waals surface area contributed by atoms with Gasteiger partial charge in [-0.1, -0.05) is 43.9 Å². The van der Waals surface area contributed by atoms with Crippen LogP contribution in [0.3, 0.4) is 0 Å². The Labute approximate surface area is 122 Å². The quantitative estimate of drug-likeness (QED) is 0.674. The largest absolute Gasteiger partial charge is 0.489 e. The molecule has 19 heavy (non-hydrogen) atoms. The van der Waals surface area contributed by atoms with Gasteiger partial charge in [0.25, 0.3) is 0 Å². The number of unbranched alkanes of at least 4 members (excludes halogenated alkanes) is 3. The van der Waals surface area contributed by atoms with Gasteiger partial charge in [-0.3, -0.25) is 0 Å². The highest BCUT2D eigenvalue weighted by Gasteiger charge is 2.09. The lowest BCUT2D eigenvalue weighted by Gasteiger charge is -2.16. The van der Waals surface area contributed by atoms with E-state index in [1.54, 1.807) is 0 Å². The van der Waals surface area contributed by atoms with Crippen LogP contribution in [0, 0.1) is 0 Å². The molecule has 0 spiro atoms. The van der Waals surface area contributed by atoms with E-state index in [0.29, 0.717) is 5.02 Å². The number of hydrogen-bond acceptors (Lipinski definition) is 2. The van der Waals surface area contributed by atoms with Gasteiger partial charge >= 0.3 is 0 Å². The second kappa shape index (κ2) is 8.44. The van der Waals surface area contributed by atoms with Crippen molar-refractivity contribution >= 4 is 11.6 Å². The molecule has 108 valence electrons. The minimum atomic E-state index is -0.00184. The molecule has 0 amide bonds. The van der Waals surface area contributed by atoms with Crippen LogP contribution in [0.5, 0.6) is 5.75 Å². The zero-order valence-corrected chi connectivity index (χ0v) is 13.0. The minimum absolute atomic E-state index is 0.00184. The third-order valence-corrected chi connectivity index (χ3v) is 3.57. The monoisotopic (exact) mass is 283 g/mol. The summed E-state index contributed by atoms with van der Waals surface area (Å²) < 4.78 is 5.89. The molecular formula is C16H26ClNO. The predicted molar refractivity (Wildman–Crippen MR) is 82.9 cm³/mol. The van der Waals surface area contributed by atoms with Crippen LogP contribution in [0.15, 0.2) is 18.2 Å². The van der Waals surface area contributed by atoms with Crippen molar-refractivity contribution in [3.8, 4) is 5.75 Å². The van der Waals surface area contributed by atoms with Gasteiger partial charge in [-0.05, 0) is 44.4 Å². The van der Waals surface area contributed by atoms with Gasteiger partial charge in [0.1, 0.15) is 5.75 Å². The standard InChI is InChI=1S/C16H26ClNO/c1-4-5-6-7-8-12(2)19-16-10-9-14(13(3)18)11-15(16)17/h9-13H,4-8,18H2,1-3H3/t12?,13-/m0/s1. The fourth-order valence-electron chi connectivity index (χ4n) is 2.03. The van der Waals surface area contributed by atoms with Crippen molar-refractivity contribution < 1.29 is 4.74 Å². The molecular weight excluding hydrogens is 258 g/mol. The fraction of sp³-hybridized carbons (Fsp3) is 0.625. The van der Waals surface area contributed by atoms with E-state index in [-0.39, 0.29) is 12.1 Å². The van der Waals surface area contributed by atoms with E-state index in [4.69, 9.17) is 22.1 Å². The molecule has 2 N–H and O–H groups in total. The SMILES string of the molecule is CCCCCCC(C)Oc1ccc([C@H](C)N)cc1Cl. The normalized spacial score (nSPS) is 14.2. The average molecular weight is 284 g/mol. The van der Waals surface area contributed by atoms with E-state index in [1.807, 2.05) is 25.1 Å². The van der Waals surface area contributed by atoms with Crippen LogP contribution in [0.2, 0.25) is 5.02 Å². The maximum Gasteiger partial charge on any atom is 0.138 e. The highest BCUT2D eigenvalue weighted by Crippen LogP contribution is 2.28. The Morgan fingerprint density at radius 2 is 1.95 bits per heavy atom. The number of benzene rings is 1. The number of rotatable bonds is 8. The van der Waals surface area contributed by atoms with Crippen LogP contribution in [-0.4, -0.2) is 6.10 Å². The molecule has 2 atom stereocenters. The highest BCUT2D eigenvalue weighted by atomic mass is 35.5. The molecule has 0 heterocycles. The number of halogens is 1. The molecule has 0 saturated carbocycles. The summed E-state index contributed by atoms with van der Waals surface area (Å²) in [7, 11) is 0. The molecule has 0 saturated heterocycles. The number of ether oxygens (including phenoxy) is 1. The first-order valence-electron chi connectivity index (χ1n) is 7.26. The Morgan fingerprint density at radius 3 is 2.53 bits per heavy atom. The number of hydrogen-bond donors (Lipinski definition) is 1. The summed E-state index contributed by atoms with van der Waals surface area (Å²) >= 11 is 6.22. The Morgan fingerprint density at radius 1 is 1.21 bits per heavy atom. The van der Waals surface area contributed by atoms with Gasteiger partial charge in [-0.2, -0.15) is 0 Å². The van der Waals surface area contributed by atoms with Gasteiger partial charge in [-0.15, -0.1) is 0 Å². The van der Waals surface area contributed by atoms with E-state index in [9.17, 15) is 0 Å². The summed E-state index contributed by atoms with van der Waals surface area (Å²) in [6, 6.07) is 5.79. The Hall–Kier alpha value is -0.730.